The number of hydrogen-bond acceptors (Lipinski definition) is 5. The van der Waals surface area contributed by atoms with Gasteiger partial charge in [-0.25, -0.2) is 4.79 Å². The highest BCUT2D eigenvalue weighted by molar-refractivity contribution is 9.10. The Balaban J connectivity index is 1.65. The first-order valence-electron chi connectivity index (χ1n) is 11.7. The molecule has 6 nitrogen and oxygen atoms in total. The van der Waals surface area contributed by atoms with Gasteiger partial charge in [-0.05, 0) is 36.6 Å². The maximum Gasteiger partial charge on any atom is 0.514 e. The van der Waals surface area contributed by atoms with Crippen LogP contribution in [0.1, 0.15) is 63.0 Å². The van der Waals surface area contributed by atoms with Crippen molar-refractivity contribution in [3.8, 4) is 5.75 Å². The minimum atomic E-state index is -0.778. The third-order valence-electron chi connectivity index (χ3n) is 5.30. The first kappa shape index (κ1) is 26.9. The van der Waals surface area contributed by atoms with E-state index in [4.69, 9.17) is 15.2 Å². The monoisotopic (exact) mass is 518 g/mol. The number of carbonyl (C=O) groups excluding carboxylic acids is 2. The summed E-state index contributed by atoms with van der Waals surface area (Å²) in [7, 11) is 0. The smallest absolute Gasteiger partial charge is 0.429 e. The molecule has 3 N–H and O–H groups in total. The molecular weight excluding hydrogens is 484 g/mol. The van der Waals surface area contributed by atoms with Gasteiger partial charge in [0.15, 0.2) is 0 Å². The lowest BCUT2D eigenvalue weighted by Crippen LogP contribution is -2.42. The van der Waals surface area contributed by atoms with Crippen LogP contribution in [0.2, 0.25) is 0 Å². The molecule has 0 unspecified atom stereocenters. The molecule has 1 amide bonds. The summed E-state index contributed by atoms with van der Waals surface area (Å²) in [5.41, 5.74) is 7.79. The standard InChI is InChI=1S/C26H35BrN2O4/c1-2-3-4-5-6-7-10-17-29-25(30)24(28)18-20-13-15-22(16-14-20)33-26(31)32-19-21-11-8-9-12-23(21)27/h8-9,11-16,24H,2-7,10,17-19,28H2,1H3,(H,29,30)/t24-/m0/s1. The van der Waals surface area contributed by atoms with Crippen LogP contribution >= 0.6 is 15.9 Å². The van der Waals surface area contributed by atoms with Crippen LogP contribution in [-0.4, -0.2) is 24.6 Å². The lowest BCUT2D eigenvalue weighted by atomic mass is 10.1. The summed E-state index contributed by atoms with van der Waals surface area (Å²) in [5.74, 6) is 0.227. The van der Waals surface area contributed by atoms with Crippen LogP contribution < -0.4 is 15.8 Å². The second kappa shape index (κ2) is 15.5. The lowest BCUT2D eigenvalue weighted by molar-refractivity contribution is -0.122. The Morgan fingerprint density at radius 3 is 2.33 bits per heavy atom. The second-order valence-electron chi connectivity index (χ2n) is 8.10. The van der Waals surface area contributed by atoms with Gasteiger partial charge in [0.05, 0.1) is 6.04 Å². The summed E-state index contributed by atoms with van der Waals surface area (Å²) in [4.78, 5) is 24.2. The largest absolute Gasteiger partial charge is 0.514 e. The summed E-state index contributed by atoms with van der Waals surface area (Å²) >= 11 is 3.41. The van der Waals surface area contributed by atoms with E-state index in [2.05, 4.69) is 28.2 Å². The van der Waals surface area contributed by atoms with Crippen LogP contribution in [-0.2, 0) is 22.6 Å². The Kier molecular flexibility index (Phi) is 12.6. The summed E-state index contributed by atoms with van der Waals surface area (Å²) in [5, 5.41) is 2.92. The third-order valence-corrected chi connectivity index (χ3v) is 6.07. The van der Waals surface area contributed by atoms with Gasteiger partial charge in [0.25, 0.3) is 0 Å². The molecule has 0 aromatic heterocycles. The molecule has 180 valence electrons. The first-order valence-corrected chi connectivity index (χ1v) is 12.5. The Hall–Kier alpha value is -2.38. The number of halogens is 1. The minimum absolute atomic E-state index is 0.112. The van der Waals surface area contributed by atoms with Gasteiger partial charge in [0.2, 0.25) is 5.91 Å². The predicted octanol–water partition coefficient (Wildman–Crippen LogP) is 5.90. The Bertz CT molecular complexity index is 858. The summed E-state index contributed by atoms with van der Waals surface area (Å²) in [6.45, 7) is 2.99. The van der Waals surface area contributed by atoms with E-state index in [1.165, 1.54) is 32.1 Å². The highest BCUT2D eigenvalue weighted by atomic mass is 79.9. The molecule has 33 heavy (non-hydrogen) atoms. The van der Waals surface area contributed by atoms with E-state index in [0.29, 0.717) is 18.7 Å². The van der Waals surface area contributed by atoms with Crippen LogP contribution in [0.25, 0.3) is 0 Å². The van der Waals surface area contributed by atoms with Crippen molar-refractivity contribution < 1.29 is 19.1 Å². The number of hydrogen-bond donors (Lipinski definition) is 2. The second-order valence-corrected chi connectivity index (χ2v) is 8.95. The summed E-state index contributed by atoms with van der Waals surface area (Å²) < 4.78 is 11.2. The predicted molar refractivity (Wildman–Crippen MR) is 134 cm³/mol. The van der Waals surface area contributed by atoms with E-state index in [1.54, 1.807) is 24.3 Å². The molecule has 0 bridgehead atoms. The normalized spacial score (nSPS) is 11.6. The van der Waals surface area contributed by atoms with Crippen molar-refractivity contribution in [3.05, 3.63) is 64.1 Å². The number of unbranched alkanes of at least 4 members (excludes halogenated alkanes) is 6. The Labute approximate surface area is 205 Å². The van der Waals surface area contributed by atoms with Crippen molar-refractivity contribution in [2.24, 2.45) is 5.73 Å². The number of nitrogens with two attached hydrogens (primary N) is 1. The molecule has 0 saturated carbocycles. The quantitative estimate of drug-likeness (QED) is 0.184. The molecule has 0 radical (unpaired) electrons. The van der Waals surface area contributed by atoms with E-state index < -0.39 is 12.2 Å². The van der Waals surface area contributed by atoms with Crippen molar-refractivity contribution in [1.29, 1.82) is 0 Å². The van der Waals surface area contributed by atoms with Crippen LogP contribution in [0.5, 0.6) is 5.75 Å². The fourth-order valence-corrected chi connectivity index (χ4v) is 3.74. The highest BCUT2D eigenvalue weighted by Crippen LogP contribution is 2.18. The number of amides is 1. The van der Waals surface area contributed by atoms with E-state index in [9.17, 15) is 9.59 Å². The molecule has 0 heterocycles. The zero-order chi connectivity index (χ0) is 23.9. The van der Waals surface area contributed by atoms with Gasteiger partial charge < -0.3 is 20.5 Å². The average Bonchev–Trinajstić information content (AvgIpc) is 2.81. The van der Waals surface area contributed by atoms with Gasteiger partial charge in [-0.15, -0.1) is 0 Å². The molecule has 2 aromatic rings. The number of carbonyl (C=O) groups is 2. The van der Waals surface area contributed by atoms with Gasteiger partial charge >= 0.3 is 6.16 Å². The number of benzene rings is 2. The van der Waals surface area contributed by atoms with Gasteiger partial charge in [-0.1, -0.05) is 91.7 Å². The molecule has 1 atom stereocenters. The van der Waals surface area contributed by atoms with Crippen molar-refractivity contribution in [1.82, 2.24) is 5.32 Å². The average molecular weight is 519 g/mol. The maximum atomic E-state index is 12.2. The Morgan fingerprint density at radius 1 is 0.970 bits per heavy atom. The van der Waals surface area contributed by atoms with E-state index >= 15 is 0 Å². The van der Waals surface area contributed by atoms with Crippen molar-refractivity contribution >= 4 is 28.0 Å². The van der Waals surface area contributed by atoms with Crippen LogP contribution in [0, 0.1) is 0 Å². The molecule has 0 spiro atoms. The molecule has 0 aliphatic heterocycles. The maximum absolute atomic E-state index is 12.2. The zero-order valence-corrected chi connectivity index (χ0v) is 20.9. The van der Waals surface area contributed by atoms with Crippen LogP contribution in [0.3, 0.4) is 0 Å². The molecule has 7 heteroatoms. The van der Waals surface area contributed by atoms with Crippen LogP contribution in [0.15, 0.2) is 53.0 Å². The topological polar surface area (TPSA) is 90.7 Å². The van der Waals surface area contributed by atoms with E-state index in [1.807, 2.05) is 24.3 Å². The number of nitrogens with one attached hydrogen (secondary N) is 1. The number of ether oxygens (including phenoxy) is 2. The van der Waals surface area contributed by atoms with Crippen LogP contribution in [0.4, 0.5) is 4.79 Å². The summed E-state index contributed by atoms with van der Waals surface area (Å²) in [6.07, 6.45) is 8.08. The molecule has 2 rings (SSSR count). The molecule has 2 aromatic carbocycles. The van der Waals surface area contributed by atoms with Gasteiger partial charge in [0, 0.05) is 16.6 Å². The van der Waals surface area contributed by atoms with Crippen molar-refractivity contribution in [2.45, 2.75) is 70.9 Å². The summed E-state index contributed by atoms with van der Waals surface area (Å²) in [6, 6.07) is 13.8. The SMILES string of the molecule is CCCCCCCCCNC(=O)[C@@H](N)Cc1ccc(OC(=O)OCc2ccccc2Br)cc1. The molecule has 0 aliphatic carbocycles. The molecule has 0 fully saturated rings. The Morgan fingerprint density at radius 2 is 1.64 bits per heavy atom. The van der Waals surface area contributed by atoms with Crippen molar-refractivity contribution in [2.75, 3.05) is 6.54 Å². The van der Waals surface area contributed by atoms with Gasteiger partial charge in [-0.3, -0.25) is 4.79 Å². The fourth-order valence-electron chi connectivity index (χ4n) is 3.34. The molecule has 0 saturated heterocycles. The van der Waals surface area contributed by atoms with E-state index in [-0.39, 0.29) is 12.5 Å². The highest BCUT2D eigenvalue weighted by Gasteiger charge is 2.14. The van der Waals surface area contributed by atoms with Gasteiger partial charge in [0.1, 0.15) is 12.4 Å². The number of rotatable bonds is 14. The van der Waals surface area contributed by atoms with Gasteiger partial charge in [-0.2, -0.15) is 0 Å². The van der Waals surface area contributed by atoms with Crippen molar-refractivity contribution in [3.63, 3.8) is 0 Å². The lowest BCUT2D eigenvalue weighted by Gasteiger charge is -2.13. The zero-order valence-electron chi connectivity index (χ0n) is 19.4. The third kappa shape index (κ3) is 10.9. The minimum Gasteiger partial charge on any atom is -0.429 e. The van der Waals surface area contributed by atoms with E-state index in [0.717, 1.165) is 28.4 Å². The first-order chi connectivity index (χ1) is 16.0. The fraction of sp³-hybridized carbons (Fsp3) is 0.462. The molecule has 0 aliphatic rings. The molecular formula is C26H35BrN2O4.